The lowest BCUT2D eigenvalue weighted by Crippen LogP contribution is -2.21. The maximum absolute atomic E-state index is 6.00. The van der Waals surface area contributed by atoms with Crippen molar-refractivity contribution in [3.63, 3.8) is 0 Å². The van der Waals surface area contributed by atoms with Gasteiger partial charge in [0, 0.05) is 5.56 Å². The van der Waals surface area contributed by atoms with E-state index in [0.717, 1.165) is 24.8 Å². The van der Waals surface area contributed by atoms with Crippen molar-refractivity contribution in [2.24, 2.45) is 0 Å². The number of ether oxygens (including phenoxy) is 1. The molecule has 0 bridgehead atoms. The van der Waals surface area contributed by atoms with E-state index in [1.807, 2.05) is 12.1 Å². The fourth-order valence-corrected chi connectivity index (χ4v) is 2.05. The van der Waals surface area contributed by atoms with Crippen molar-refractivity contribution in [2.45, 2.75) is 37.9 Å². The molecule has 0 amide bonds. The number of furan rings is 1. The molecule has 1 aliphatic rings. The first-order valence-corrected chi connectivity index (χ1v) is 5.04. The van der Waals surface area contributed by atoms with Crippen molar-refractivity contribution in [3.8, 4) is 0 Å². The minimum Gasteiger partial charge on any atom is -0.472 e. The van der Waals surface area contributed by atoms with Gasteiger partial charge in [0.15, 0.2) is 0 Å². The summed E-state index contributed by atoms with van der Waals surface area (Å²) < 4.78 is 11.1. The SMILES string of the molecule is C=CC[C@]1(C)CC[C@H](c2ccoc2)O1. The molecule has 1 aromatic heterocycles. The van der Waals surface area contributed by atoms with Gasteiger partial charge in [-0.15, -0.1) is 6.58 Å². The molecule has 2 heteroatoms. The summed E-state index contributed by atoms with van der Waals surface area (Å²) in [4.78, 5) is 0. The van der Waals surface area contributed by atoms with Gasteiger partial charge in [-0.3, -0.25) is 0 Å². The van der Waals surface area contributed by atoms with Gasteiger partial charge in [-0.2, -0.15) is 0 Å². The molecule has 2 nitrogen and oxygen atoms in total. The van der Waals surface area contributed by atoms with Crippen molar-refractivity contribution in [1.82, 2.24) is 0 Å². The standard InChI is InChI=1S/C12H16O2/c1-3-6-12(2)7-4-11(14-12)10-5-8-13-9-10/h3,5,8-9,11H,1,4,6-7H2,2H3/t11-,12-/m1/s1. The van der Waals surface area contributed by atoms with Crippen molar-refractivity contribution in [3.05, 3.63) is 36.8 Å². The molecule has 2 heterocycles. The van der Waals surface area contributed by atoms with E-state index >= 15 is 0 Å². The highest BCUT2D eigenvalue weighted by Crippen LogP contribution is 2.41. The van der Waals surface area contributed by atoms with Crippen LogP contribution in [0.25, 0.3) is 0 Å². The van der Waals surface area contributed by atoms with Crippen LogP contribution in [-0.4, -0.2) is 5.60 Å². The molecule has 1 fully saturated rings. The molecule has 2 rings (SSSR count). The third kappa shape index (κ3) is 1.75. The van der Waals surface area contributed by atoms with E-state index in [1.165, 1.54) is 0 Å². The van der Waals surface area contributed by atoms with E-state index in [1.54, 1.807) is 12.5 Å². The fraction of sp³-hybridized carbons (Fsp3) is 0.500. The average Bonchev–Trinajstić information content (AvgIpc) is 2.73. The van der Waals surface area contributed by atoms with Gasteiger partial charge >= 0.3 is 0 Å². The van der Waals surface area contributed by atoms with E-state index in [0.29, 0.717) is 0 Å². The second kappa shape index (κ2) is 3.62. The van der Waals surface area contributed by atoms with Gasteiger partial charge in [-0.1, -0.05) is 6.08 Å². The number of hydrogen-bond donors (Lipinski definition) is 0. The molecule has 1 aliphatic heterocycles. The first kappa shape index (κ1) is 9.53. The minimum absolute atomic E-state index is 0.0241. The second-order valence-corrected chi connectivity index (χ2v) is 4.14. The third-order valence-electron chi connectivity index (χ3n) is 2.85. The number of hydrogen-bond acceptors (Lipinski definition) is 2. The molecule has 1 saturated heterocycles. The Morgan fingerprint density at radius 3 is 3.21 bits per heavy atom. The molecule has 14 heavy (non-hydrogen) atoms. The first-order valence-electron chi connectivity index (χ1n) is 5.04. The molecule has 0 unspecified atom stereocenters. The van der Waals surface area contributed by atoms with Crippen LogP contribution >= 0.6 is 0 Å². The highest BCUT2D eigenvalue weighted by Gasteiger charge is 2.35. The Hall–Kier alpha value is -1.02. The number of rotatable bonds is 3. The summed E-state index contributed by atoms with van der Waals surface area (Å²) in [6, 6.07) is 1.98. The highest BCUT2D eigenvalue weighted by atomic mass is 16.5. The summed E-state index contributed by atoms with van der Waals surface area (Å²) >= 11 is 0. The topological polar surface area (TPSA) is 22.4 Å². The summed E-state index contributed by atoms with van der Waals surface area (Å²) in [5, 5.41) is 0. The van der Waals surface area contributed by atoms with Crippen LogP contribution in [0.4, 0.5) is 0 Å². The molecule has 1 aromatic rings. The van der Waals surface area contributed by atoms with Crippen LogP contribution in [0.2, 0.25) is 0 Å². The molecule has 0 aromatic carbocycles. The third-order valence-corrected chi connectivity index (χ3v) is 2.85. The Labute approximate surface area is 84.6 Å². The molecule has 0 radical (unpaired) electrons. The Morgan fingerprint density at radius 1 is 1.71 bits per heavy atom. The Kier molecular flexibility index (Phi) is 2.46. The Balaban J connectivity index is 2.04. The second-order valence-electron chi connectivity index (χ2n) is 4.14. The lowest BCUT2D eigenvalue weighted by molar-refractivity contribution is -0.0274. The van der Waals surface area contributed by atoms with E-state index in [-0.39, 0.29) is 11.7 Å². The lowest BCUT2D eigenvalue weighted by atomic mass is 9.98. The van der Waals surface area contributed by atoms with E-state index in [4.69, 9.17) is 9.15 Å². The van der Waals surface area contributed by atoms with Crippen molar-refractivity contribution < 1.29 is 9.15 Å². The monoisotopic (exact) mass is 192 g/mol. The van der Waals surface area contributed by atoms with Gasteiger partial charge in [0.1, 0.15) is 0 Å². The summed E-state index contributed by atoms with van der Waals surface area (Å²) in [5.74, 6) is 0. The Bertz CT molecular complexity index is 302. The molecule has 0 N–H and O–H groups in total. The average molecular weight is 192 g/mol. The van der Waals surface area contributed by atoms with Crippen LogP contribution in [0.1, 0.15) is 37.9 Å². The largest absolute Gasteiger partial charge is 0.472 e. The zero-order valence-electron chi connectivity index (χ0n) is 8.53. The molecule has 76 valence electrons. The molecule has 2 atom stereocenters. The van der Waals surface area contributed by atoms with Gasteiger partial charge in [0.25, 0.3) is 0 Å². The zero-order chi connectivity index (χ0) is 10.0. The van der Waals surface area contributed by atoms with Crippen molar-refractivity contribution in [2.75, 3.05) is 0 Å². The van der Waals surface area contributed by atoms with Gasteiger partial charge < -0.3 is 9.15 Å². The van der Waals surface area contributed by atoms with E-state index in [9.17, 15) is 0 Å². The first-order chi connectivity index (χ1) is 6.73. The summed E-state index contributed by atoms with van der Waals surface area (Å²) in [7, 11) is 0. The molecular formula is C12H16O2. The fourth-order valence-electron chi connectivity index (χ4n) is 2.05. The van der Waals surface area contributed by atoms with Gasteiger partial charge in [-0.05, 0) is 32.3 Å². The molecular weight excluding hydrogens is 176 g/mol. The van der Waals surface area contributed by atoms with Gasteiger partial charge in [-0.25, -0.2) is 0 Å². The van der Waals surface area contributed by atoms with Crippen LogP contribution < -0.4 is 0 Å². The normalized spacial score (nSPS) is 31.9. The summed E-state index contributed by atoms with van der Waals surface area (Å²) in [6.45, 7) is 5.91. The summed E-state index contributed by atoms with van der Waals surface area (Å²) in [6.07, 6.45) is 8.68. The minimum atomic E-state index is -0.0241. The van der Waals surface area contributed by atoms with Crippen LogP contribution in [0.15, 0.2) is 35.7 Å². The van der Waals surface area contributed by atoms with E-state index < -0.39 is 0 Å². The van der Waals surface area contributed by atoms with Gasteiger partial charge in [0.05, 0.1) is 24.2 Å². The van der Waals surface area contributed by atoms with Crippen LogP contribution in [-0.2, 0) is 4.74 Å². The maximum atomic E-state index is 6.00. The molecule has 0 aliphatic carbocycles. The van der Waals surface area contributed by atoms with Crippen LogP contribution in [0.5, 0.6) is 0 Å². The smallest absolute Gasteiger partial charge is 0.0960 e. The maximum Gasteiger partial charge on any atom is 0.0960 e. The zero-order valence-corrected chi connectivity index (χ0v) is 8.53. The predicted molar refractivity (Wildman–Crippen MR) is 55.0 cm³/mol. The van der Waals surface area contributed by atoms with Crippen LogP contribution in [0.3, 0.4) is 0 Å². The quantitative estimate of drug-likeness (QED) is 0.684. The Morgan fingerprint density at radius 2 is 2.57 bits per heavy atom. The summed E-state index contributed by atoms with van der Waals surface area (Å²) in [5.41, 5.74) is 1.13. The predicted octanol–water partition coefficient (Wildman–Crippen LogP) is 3.47. The molecule has 0 spiro atoms. The van der Waals surface area contributed by atoms with Crippen molar-refractivity contribution >= 4 is 0 Å². The van der Waals surface area contributed by atoms with E-state index in [2.05, 4.69) is 13.5 Å². The van der Waals surface area contributed by atoms with Crippen molar-refractivity contribution in [1.29, 1.82) is 0 Å². The lowest BCUT2D eigenvalue weighted by Gasteiger charge is -2.22. The highest BCUT2D eigenvalue weighted by molar-refractivity contribution is 5.12. The van der Waals surface area contributed by atoms with Crippen LogP contribution in [0, 0.1) is 0 Å². The molecule has 0 saturated carbocycles. The van der Waals surface area contributed by atoms with Gasteiger partial charge in [0.2, 0.25) is 0 Å².